The summed E-state index contributed by atoms with van der Waals surface area (Å²) in [6, 6.07) is 3.74. The lowest BCUT2D eigenvalue weighted by Gasteiger charge is -2.19. The number of Topliss-reactive ketones (excluding diaryl/α,β-unsaturated/α-hetero) is 1. The zero-order valence-electron chi connectivity index (χ0n) is 14.4. The molecule has 2 amide bonds. The van der Waals surface area contributed by atoms with Crippen molar-refractivity contribution < 1.29 is 22.8 Å². The van der Waals surface area contributed by atoms with Crippen LogP contribution in [0.1, 0.15) is 26.2 Å². The summed E-state index contributed by atoms with van der Waals surface area (Å²) < 4.78 is 26.3. The number of ketones is 1. The van der Waals surface area contributed by atoms with Gasteiger partial charge in [0.2, 0.25) is 11.8 Å². The summed E-state index contributed by atoms with van der Waals surface area (Å²) in [6.45, 7) is 1.35. The Hall–Kier alpha value is -2.33. The van der Waals surface area contributed by atoms with Gasteiger partial charge in [0, 0.05) is 25.1 Å². The van der Waals surface area contributed by atoms with Crippen molar-refractivity contribution in [3.05, 3.63) is 24.4 Å². The number of pyridine rings is 1. The van der Waals surface area contributed by atoms with Crippen LogP contribution in [0.2, 0.25) is 0 Å². The Balaban J connectivity index is 2.04. The summed E-state index contributed by atoms with van der Waals surface area (Å²) >= 11 is 0. The van der Waals surface area contributed by atoms with E-state index in [-0.39, 0.29) is 24.5 Å². The number of hydrogen-bond acceptors (Lipinski definition) is 6. The molecule has 9 nitrogen and oxygen atoms in total. The van der Waals surface area contributed by atoms with Crippen molar-refractivity contribution in [2.45, 2.75) is 37.3 Å². The maximum absolute atomic E-state index is 12.6. The molecule has 1 aliphatic rings. The number of aromatic nitrogens is 1. The Morgan fingerprint density at radius 1 is 1.42 bits per heavy atom. The highest BCUT2D eigenvalue weighted by Gasteiger charge is 2.33. The number of primary amides is 1. The van der Waals surface area contributed by atoms with Crippen LogP contribution in [0, 0.1) is 5.92 Å². The van der Waals surface area contributed by atoms with E-state index in [1.54, 1.807) is 12.1 Å². The molecular formula is C16H22N4O5S. The number of sulfonamides is 1. The van der Waals surface area contributed by atoms with Gasteiger partial charge in [-0.15, -0.1) is 0 Å². The number of nitrogens with zero attached hydrogens (tertiary/aromatic N) is 2. The van der Waals surface area contributed by atoms with Gasteiger partial charge in [-0.3, -0.25) is 14.4 Å². The van der Waals surface area contributed by atoms with Crippen molar-refractivity contribution in [3.8, 4) is 0 Å². The van der Waals surface area contributed by atoms with Crippen molar-refractivity contribution in [1.82, 2.24) is 14.6 Å². The third kappa shape index (κ3) is 4.85. The van der Waals surface area contributed by atoms with Crippen LogP contribution in [0.4, 0.5) is 0 Å². The third-order valence-electron chi connectivity index (χ3n) is 4.18. The van der Waals surface area contributed by atoms with Gasteiger partial charge < -0.3 is 11.1 Å². The maximum Gasteiger partial charge on any atom is 0.260 e. The molecule has 2 heterocycles. The highest BCUT2D eigenvalue weighted by molar-refractivity contribution is 7.89. The SMILES string of the molecule is CC(CC(=O)N[C@H]1CCCN(S(=O)(=O)c2ccccn2)CC1=O)C(N)=O. The third-order valence-corrected chi connectivity index (χ3v) is 5.94. The summed E-state index contributed by atoms with van der Waals surface area (Å²) in [5, 5.41) is 2.45. The number of carbonyl (C=O) groups is 3. The molecule has 1 aromatic heterocycles. The molecule has 26 heavy (non-hydrogen) atoms. The molecule has 0 saturated carbocycles. The van der Waals surface area contributed by atoms with Crippen LogP contribution in [-0.4, -0.2) is 54.4 Å². The van der Waals surface area contributed by atoms with Crippen LogP contribution in [0.25, 0.3) is 0 Å². The van der Waals surface area contributed by atoms with Gasteiger partial charge in [0.1, 0.15) is 0 Å². The van der Waals surface area contributed by atoms with Crippen LogP contribution in [0.3, 0.4) is 0 Å². The molecular weight excluding hydrogens is 360 g/mol. The van der Waals surface area contributed by atoms with Gasteiger partial charge in [-0.1, -0.05) is 13.0 Å². The fourth-order valence-corrected chi connectivity index (χ4v) is 3.99. The van der Waals surface area contributed by atoms with Crippen LogP contribution in [0.15, 0.2) is 29.4 Å². The van der Waals surface area contributed by atoms with Gasteiger partial charge in [-0.05, 0) is 25.0 Å². The van der Waals surface area contributed by atoms with E-state index in [0.717, 1.165) is 4.31 Å². The zero-order valence-corrected chi connectivity index (χ0v) is 15.2. The second-order valence-corrected chi connectivity index (χ2v) is 8.13. The first kappa shape index (κ1) is 20.0. The molecule has 0 radical (unpaired) electrons. The highest BCUT2D eigenvalue weighted by Crippen LogP contribution is 2.18. The van der Waals surface area contributed by atoms with Crippen molar-refractivity contribution in [2.24, 2.45) is 11.7 Å². The number of carbonyl (C=O) groups excluding carboxylic acids is 3. The Morgan fingerprint density at radius 2 is 2.15 bits per heavy atom. The van der Waals surface area contributed by atoms with Gasteiger partial charge in [0.05, 0.1) is 12.6 Å². The standard InChI is InChI=1S/C16H22N4O5S/c1-11(16(17)23)9-14(22)19-12-5-4-8-20(10-13(12)21)26(24,25)15-6-2-3-7-18-15/h2-3,6-7,11-12H,4-5,8-10H2,1H3,(H2,17,23)(H,19,22)/t11?,12-/m0/s1. The molecule has 1 aliphatic heterocycles. The second-order valence-electron chi connectivity index (χ2n) is 6.24. The molecule has 1 unspecified atom stereocenters. The minimum atomic E-state index is -3.87. The minimum Gasteiger partial charge on any atom is -0.369 e. The fourth-order valence-electron chi connectivity index (χ4n) is 2.62. The lowest BCUT2D eigenvalue weighted by Crippen LogP contribution is -2.45. The van der Waals surface area contributed by atoms with Crippen molar-refractivity contribution in [1.29, 1.82) is 0 Å². The average molecular weight is 382 g/mol. The van der Waals surface area contributed by atoms with Crippen LogP contribution in [0.5, 0.6) is 0 Å². The monoisotopic (exact) mass is 382 g/mol. The van der Waals surface area contributed by atoms with E-state index >= 15 is 0 Å². The van der Waals surface area contributed by atoms with E-state index in [1.807, 2.05) is 0 Å². The first-order valence-corrected chi connectivity index (χ1v) is 9.68. The fraction of sp³-hybridized carbons (Fsp3) is 0.500. The van der Waals surface area contributed by atoms with E-state index in [2.05, 4.69) is 10.3 Å². The molecule has 2 atom stereocenters. The van der Waals surface area contributed by atoms with E-state index in [9.17, 15) is 22.8 Å². The van der Waals surface area contributed by atoms with Crippen LogP contribution >= 0.6 is 0 Å². The van der Waals surface area contributed by atoms with Gasteiger partial charge >= 0.3 is 0 Å². The number of rotatable bonds is 6. The van der Waals surface area contributed by atoms with E-state index in [1.165, 1.54) is 19.2 Å². The van der Waals surface area contributed by atoms with Crippen molar-refractivity contribution in [2.75, 3.05) is 13.1 Å². The van der Waals surface area contributed by atoms with Gasteiger partial charge in [-0.25, -0.2) is 13.4 Å². The maximum atomic E-state index is 12.6. The lowest BCUT2D eigenvalue weighted by molar-refractivity contribution is -0.130. The topological polar surface area (TPSA) is 140 Å². The smallest absolute Gasteiger partial charge is 0.260 e. The molecule has 0 aliphatic carbocycles. The van der Waals surface area contributed by atoms with E-state index < -0.39 is 39.6 Å². The Morgan fingerprint density at radius 3 is 2.77 bits per heavy atom. The van der Waals surface area contributed by atoms with Crippen LogP contribution in [-0.2, 0) is 24.4 Å². The van der Waals surface area contributed by atoms with Gasteiger partial charge in [0.25, 0.3) is 10.0 Å². The number of amides is 2. The summed E-state index contributed by atoms with van der Waals surface area (Å²) in [5.41, 5.74) is 5.13. The molecule has 1 aromatic rings. The summed E-state index contributed by atoms with van der Waals surface area (Å²) in [4.78, 5) is 39.3. The van der Waals surface area contributed by atoms with Gasteiger partial charge in [-0.2, -0.15) is 4.31 Å². The summed E-state index contributed by atoms with van der Waals surface area (Å²) in [5.74, 6) is -2.10. The number of nitrogens with one attached hydrogen (secondary N) is 1. The molecule has 1 fully saturated rings. The summed E-state index contributed by atoms with van der Waals surface area (Å²) in [7, 11) is -3.87. The molecule has 10 heteroatoms. The Kier molecular flexibility index (Phi) is 6.43. The quantitative estimate of drug-likeness (QED) is 0.675. The van der Waals surface area contributed by atoms with Crippen molar-refractivity contribution >= 4 is 27.6 Å². The normalized spacial score (nSPS) is 20.2. The minimum absolute atomic E-state index is 0.116. The molecule has 142 valence electrons. The highest BCUT2D eigenvalue weighted by atomic mass is 32.2. The summed E-state index contributed by atoms with van der Waals surface area (Å²) in [6.07, 6.45) is 1.99. The molecule has 0 bridgehead atoms. The molecule has 2 rings (SSSR count). The van der Waals surface area contributed by atoms with E-state index in [0.29, 0.717) is 12.8 Å². The Bertz CT molecular complexity index is 781. The first-order valence-electron chi connectivity index (χ1n) is 8.24. The Labute approximate surface area is 152 Å². The second kappa shape index (κ2) is 8.37. The molecule has 3 N–H and O–H groups in total. The zero-order chi connectivity index (χ0) is 19.3. The van der Waals surface area contributed by atoms with Crippen LogP contribution < -0.4 is 11.1 Å². The first-order chi connectivity index (χ1) is 12.2. The molecule has 1 saturated heterocycles. The lowest BCUT2D eigenvalue weighted by atomic mass is 10.0. The predicted octanol–water partition coefficient (Wildman–Crippen LogP) is -0.568. The van der Waals surface area contributed by atoms with Crippen molar-refractivity contribution in [3.63, 3.8) is 0 Å². The predicted molar refractivity (Wildman–Crippen MR) is 92.1 cm³/mol. The number of hydrogen-bond donors (Lipinski definition) is 2. The van der Waals surface area contributed by atoms with E-state index in [4.69, 9.17) is 5.73 Å². The largest absolute Gasteiger partial charge is 0.369 e. The molecule has 0 aromatic carbocycles. The van der Waals surface area contributed by atoms with Gasteiger partial charge in [0.15, 0.2) is 10.8 Å². The molecule has 0 spiro atoms. The number of nitrogens with two attached hydrogens (primary N) is 1. The average Bonchev–Trinajstić information content (AvgIpc) is 2.78.